The van der Waals surface area contributed by atoms with Crippen LogP contribution < -0.4 is 5.73 Å². The summed E-state index contributed by atoms with van der Waals surface area (Å²) in [5, 5.41) is 0. The predicted molar refractivity (Wildman–Crippen MR) is 94.4 cm³/mol. The first-order valence-electron chi connectivity index (χ1n) is 8.72. The van der Waals surface area contributed by atoms with Crippen LogP contribution in [0.3, 0.4) is 0 Å². The Balaban J connectivity index is 2.29. The highest BCUT2D eigenvalue weighted by Gasteiger charge is 2.11. The highest BCUT2D eigenvalue weighted by atomic mass is 15.1. The molecule has 120 valence electrons. The molecule has 1 aromatic carbocycles. The van der Waals surface area contributed by atoms with Crippen LogP contribution in [0.15, 0.2) is 24.3 Å². The Bertz CT molecular complexity index is 374. The van der Waals surface area contributed by atoms with Crippen molar-refractivity contribution in [1.82, 2.24) is 4.90 Å². The van der Waals surface area contributed by atoms with Crippen LogP contribution in [0.1, 0.15) is 71.3 Å². The van der Waals surface area contributed by atoms with Crippen LogP contribution in [-0.4, -0.2) is 17.5 Å². The summed E-state index contributed by atoms with van der Waals surface area (Å²) in [5.41, 5.74) is 8.24. The molecule has 0 atom stereocenters. The molecule has 2 nitrogen and oxygen atoms in total. The van der Waals surface area contributed by atoms with Crippen molar-refractivity contribution in [3.05, 3.63) is 29.8 Å². The van der Waals surface area contributed by atoms with E-state index < -0.39 is 0 Å². The van der Waals surface area contributed by atoms with Crippen molar-refractivity contribution in [2.75, 3.05) is 12.3 Å². The van der Waals surface area contributed by atoms with E-state index in [1.165, 1.54) is 57.1 Å². The summed E-state index contributed by atoms with van der Waals surface area (Å²) in [6.07, 6.45) is 9.59. The summed E-state index contributed by atoms with van der Waals surface area (Å²) in [6.45, 7) is 8.98. The van der Waals surface area contributed by atoms with Gasteiger partial charge in [-0.25, -0.2) is 0 Å². The van der Waals surface area contributed by atoms with Crippen LogP contribution in [0.5, 0.6) is 0 Å². The van der Waals surface area contributed by atoms with Gasteiger partial charge in [-0.15, -0.1) is 0 Å². The Labute approximate surface area is 131 Å². The van der Waals surface area contributed by atoms with E-state index in [1.54, 1.807) is 0 Å². The standard InChI is InChI=1S/C19H34N2/c1-4-5-6-7-8-9-12-15-21(17(2)3)16-18-13-10-11-14-19(18)20/h10-11,13-14,17H,4-9,12,15-16,20H2,1-3H3. The SMILES string of the molecule is CCCCCCCCCN(Cc1ccccc1N)C(C)C. The third kappa shape index (κ3) is 7.52. The van der Waals surface area contributed by atoms with Crippen LogP contribution in [0, 0.1) is 0 Å². The fourth-order valence-corrected chi connectivity index (χ4v) is 2.69. The summed E-state index contributed by atoms with van der Waals surface area (Å²) in [6, 6.07) is 8.81. The lowest BCUT2D eigenvalue weighted by Crippen LogP contribution is -2.31. The van der Waals surface area contributed by atoms with E-state index in [4.69, 9.17) is 5.73 Å². The molecule has 2 N–H and O–H groups in total. The molecule has 0 aliphatic heterocycles. The van der Waals surface area contributed by atoms with Gasteiger partial charge in [-0.05, 0) is 38.4 Å². The molecule has 21 heavy (non-hydrogen) atoms. The molecule has 1 rings (SSSR count). The van der Waals surface area contributed by atoms with E-state index in [-0.39, 0.29) is 0 Å². The summed E-state index contributed by atoms with van der Waals surface area (Å²) >= 11 is 0. The van der Waals surface area contributed by atoms with Crippen molar-refractivity contribution in [1.29, 1.82) is 0 Å². The minimum Gasteiger partial charge on any atom is -0.398 e. The van der Waals surface area contributed by atoms with Crippen LogP contribution in [0.2, 0.25) is 0 Å². The van der Waals surface area contributed by atoms with Crippen molar-refractivity contribution < 1.29 is 0 Å². The van der Waals surface area contributed by atoms with E-state index in [9.17, 15) is 0 Å². The first-order valence-corrected chi connectivity index (χ1v) is 8.72. The maximum atomic E-state index is 6.07. The monoisotopic (exact) mass is 290 g/mol. The zero-order valence-corrected chi connectivity index (χ0v) is 14.3. The van der Waals surface area contributed by atoms with Gasteiger partial charge in [-0.3, -0.25) is 4.90 Å². The highest BCUT2D eigenvalue weighted by Crippen LogP contribution is 2.16. The zero-order chi connectivity index (χ0) is 15.5. The number of benzene rings is 1. The normalized spacial score (nSPS) is 11.5. The predicted octanol–water partition coefficient (Wildman–Crippen LogP) is 5.23. The summed E-state index contributed by atoms with van der Waals surface area (Å²) in [7, 11) is 0. The number of rotatable bonds is 11. The molecule has 0 aliphatic carbocycles. The molecule has 0 bridgehead atoms. The molecule has 2 heteroatoms. The van der Waals surface area contributed by atoms with Crippen molar-refractivity contribution >= 4 is 5.69 Å². The summed E-state index contributed by atoms with van der Waals surface area (Å²) in [4.78, 5) is 2.54. The van der Waals surface area contributed by atoms with E-state index in [1.807, 2.05) is 12.1 Å². The van der Waals surface area contributed by atoms with Gasteiger partial charge in [-0.2, -0.15) is 0 Å². The molecule has 0 unspecified atom stereocenters. The zero-order valence-electron chi connectivity index (χ0n) is 14.3. The van der Waals surface area contributed by atoms with Crippen molar-refractivity contribution in [3.63, 3.8) is 0 Å². The average Bonchev–Trinajstić information content (AvgIpc) is 2.46. The van der Waals surface area contributed by atoms with Gasteiger partial charge >= 0.3 is 0 Å². The number of para-hydroxylation sites is 1. The number of anilines is 1. The number of nitrogens with two attached hydrogens (primary N) is 1. The molecule has 0 amide bonds. The number of hydrogen-bond acceptors (Lipinski definition) is 2. The molecule has 0 radical (unpaired) electrons. The first kappa shape index (κ1) is 18.0. The van der Waals surface area contributed by atoms with Crippen LogP contribution in [0.25, 0.3) is 0 Å². The number of nitrogens with zero attached hydrogens (tertiary/aromatic N) is 1. The smallest absolute Gasteiger partial charge is 0.0359 e. The first-order chi connectivity index (χ1) is 10.1. The quantitative estimate of drug-likeness (QED) is 0.446. The van der Waals surface area contributed by atoms with Crippen LogP contribution in [-0.2, 0) is 6.54 Å². The lowest BCUT2D eigenvalue weighted by atomic mass is 10.1. The Morgan fingerprint density at radius 1 is 0.952 bits per heavy atom. The van der Waals surface area contributed by atoms with Gasteiger partial charge in [0.1, 0.15) is 0 Å². The Morgan fingerprint density at radius 3 is 2.19 bits per heavy atom. The molecule has 0 saturated carbocycles. The fraction of sp³-hybridized carbons (Fsp3) is 0.684. The number of hydrogen-bond donors (Lipinski definition) is 1. The Hall–Kier alpha value is -1.02. The molecule has 1 aromatic rings. The van der Waals surface area contributed by atoms with E-state index >= 15 is 0 Å². The molecule has 0 aromatic heterocycles. The fourth-order valence-electron chi connectivity index (χ4n) is 2.69. The lowest BCUT2D eigenvalue weighted by Gasteiger charge is -2.27. The summed E-state index contributed by atoms with van der Waals surface area (Å²) < 4.78 is 0. The maximum absolute atomic E-state index is 6.07. The van der Waals surface area contributed by atoms with Gasteiger partial charge < -0.3 is 5.73 Å². The third-order valence-electron chi connectivity index (χ3n) is 4.21. The van der Waals surface area contributed by atoms with Gasteiger partial charge in [0.15, 0.2) is 0 Å². The van der Waals surface area contributed by atoms with Crippen LogP contribution >= 0.6 is 0 Å². The Morgan fingerprint density at radius 2 is 1.57 bits per heavy atom. The second-order valence-electron chi connectivity index (χ2n) is 6.38. The molecule has 0 aliphatic rings. The van der Waals surface area contributed by atoms with Crippen molar-refractivity contribution in [3.8, 4) is 0 Å². The van der Waals surface area contributed by atoms with Crippen molar-refractivity contribution in [2.24, 2.45) is 0 Å². The lowest BCUT2D eigenvalue weighted by molar-refractivity contribution is 0.208. The van der Waals surface area contributed by atoms with E-state index in [0.29, 0.717) is 6.04 Å². The van der Waals surface area contributed by atoms with Gasteiger partial charge in [0, 0.05) is 18.3 Å². The summed E-state index contributed by atoms with van der Waals surface area (Å²) in [5.74, 6) is 0. The molecule has 0 spiro atoms. The van der Waals surface area contributed by atoms with Gasteiger partial charge in [0.05, 0.1) is 0 Å². The average molecular weight is 290 g/mol. The molecule has 0 saturated heterocycles. The topological polar surface area (TPSA) is 29.3 Å². The van der Waals surface area contributed by atoms with Gasteiger partial charge in [0.25, 0.3) is 0 Å². The number of unbranched alkanes of at least 4 members (excludes halogenated alkanes) is 6. The molecule has 0 heterocycles. The van der Waals surface area contributed by atoms with E-state index in [2.05, 4.69) is 37.8 Å². The van der Waals surface area contributed by atoms with Crippen molar-refractivity contribution in [2.45, 2.75) is 78.3 Å². The largest absolute Gasteiger partial charge is 0.398 e. The molecule has 0 fully saturated rings. The minimum atomic E-state index is 0.574. The van der Waals surface area contributed by atoms with Gasteiger partial charge in [-0.1, -0.05) is 63.6 Å². The maximum Gasteiger partial charge on any atom is 0.0359 e. The second kappa shape index (κ2) is 10.7. The molecular formula is C19H34N2. The van der Waals surface area contributed by atoms with Gasteiger partial charge in [0.2, 0.25) is 0 Å². The molecular weight excluding hydrogens is 256 g/mol. The second-order valence-corrected chi connectivity index (χ2v) is 6.38. The highest BCUT2D eigenvalue weighted by molar-refractivity contribution is 5.46. The third-order valence-corrected chi connectivity index (χ3v) is 4.21. The Kier molecular flexibility index (Phi) is 9.16. The minimum absolute atomic E-state index is 0.574. The number of nitrogen functional groups attached to an aromatic ring is 1. The van der Waals surface area contributed by atoms with Crippen LogP contribution in [0.4, 0.5) is 5.69 Å². The van der Waals surface area contributed by atoms with E-state index in [0.717, 1.165) is 12.2 Å².